The van der Waals surface area contributed by atoms with Crippen molar-refractivity contribution in [1.29, 1.82) is 0 Å². The van der Waals surface area contributed by atoms with Crippen molar-refractivity contribution >= 4 is 39.2 Å². The lowest BCUT2D eigenvalue weighted by Crippen LogP contribution is -2.41. The maximum atomic E-state index is 13.2. The van der Waals surface area contributed by atoms with Crippen molar-refractivity contribution in [2.75, 3.05) is 19.8 Å². The minimum atomic E-state index is -0.873. The Hall–Kier alpha value is -2.09. The Bertz CT molecular complexity index is 1020. The van der Waals surface area contributed by atoms with Gasteiger partial charge in [0.05, 0.1) is 23.4 Å². The number of rotatable bonds is 8. The average Bonchev–Trinajstić information content (AvgIpc) is 3.09. The van der Waals surface area contributed by atoms with Crippen molar-refractivity contribution < 1.29 is 14.6 Å². The van der Waals surface area contributed by atoms with Gasteiger partial charge in [-0.3, -0.25) is 4.79 Å². The number of carbonyl (C=O) groups excluding carboxylic acids is 1. The summed E-state index contributed by atoms with van der Waals surface area (Å²) in [6.45, 7) is 8.69. The number of aliphatic hydroxyl groups excluding tert-OH is 1. The monoisotopic (exact) mass is 430 g/mol. The van der Waals surface area contributed by atoms with E-state index in [1.54, 1.807) is 11.3 Å². The van der Waals surface area contributed by atoms with Gasteiger partial charge in [-0.1, -0.05) is 30.0 Å². The molecule has 3 rings (SSSR count). The summed E-state index contributed by atoms with van der Waals surface area (Å²) in [6.07, 6.45) is 0. The number of thiazole rings is 1. The zero-order valence-corrected chi connectivity index (χ0v) is 18.7. The molecule has 5 nitrogen and oxygen atoms in total. The zero-order chi connectivity index (χ0) is 21.0. The van der Waals surface area contributed by atoms with Crippen LogP contribution in [0.25, 0.3) is 10.2 Å². The summed E-state index contributed by atoms with van der Waals surface area (Å²) in [5.41, 5.74) is 4.06. The van der Waals surface area contributed by atoms with Crippen LogP contribution < -0.4 is 10.1 Å². The summed E-state index contributed by atoms with van der Waals surface area (Å²) in [5, 5.41) is 12.0. The van der Waals surface area contributed by atoms with E-state index in [1.165, 1.54) is 11.8 Å². The Kier molecular flexibility index (Phi) is 6.82. The molecule has 0 aliphatic carbocycles. The molecule has 2 N–H and O–H groups in total. The standard InChI is InChI=1S/C22H26N2O3S2/c1-5-27-16-9-10-18-19(13-16)28-21(24-18)29-22(4,20(26)23-11-12-25)17-8-6-7-14(2)15(17)3/h6-10,13,25H,5,11-12H2,1-4H3,(H,23,26). The topological polar surface area (TPSA) is 71.5 Å². The van der Waals surface area contributed by atoms with Gasteiger partial charge in [0.25, 0.3) is 0 Å². The van der Waals surface area contributed by atoms with Gasteiger partial charge in [-0.15, -0.1) is 11.3 Å². The maximum Gasteiger partial charge on any atom is 0.241 e. The Morgan fingerprint density at radius 3 is 2.83 bits per heavy atom. The van der Waals surface area contributed by atoms with Gasteiger partial charge in [-0.25, -0.2) is 4.98 Å². The number of aromatic nitrogens is 1. The molecule has 1 aromatic heterocycles. The second-order valence-corrected chi connectivity index (χ2v) is 9.60. The predicted octanol–water partition coefficient (Wildman–Crippen LogP) is 4.43. The number of thioether (sulfide) groups is 1. The number of aliphatic hydroxyl groups is 1. The van der Waals surface area contributed by atoms with Crippen LogP contribution in [0.2, 0.25) is 0 Å². The van der Waals surface area contributed by atoms with Crippen molar-refractivity contribution in [2.24, 2.45) is 0 Å². The van der Waals surface area contributed by atoms with Crippen molar-refractivity contribution in [3.63, 3.8) is 0 Å². The van der Waals surface area contributed by atoms with Crippen LogP contribution in [0, 0.1) is 13.8 Å². The van der Waals surface area contributed by atoms with Crippen molar-refractivity contribution in [3.05, 3.63) is 53.1 Å². The molecule has 0 spiro atoms. The first-order valence-corrected chi connectivity index (χ1v) is 11.2. The van der Waals surface area contributed by atoms with Crippen LogP contribution in [-0.4, -0.2) is 35.8 Å². The number of hydrogen-bond acceptors (Lipinski definition) is 6. The Labute approximate surface area is 179 Å². The highest BCUT2D eigenvalue weighted by Crippen LogP contribution is 2.45. The molecule has 3 aromatic rings. The highest BCUT2D eigenvalue weighted by molar-refractivity contribution is 8.02. The van der Waals surface area contributed by atoms with Crippen LogP contribution >= 0.6 is 23.1 Å². The quantitative estimate of drug-likeness (QED) is 0.518. The van der Waals surface area contributed by atoms with E-state index >= 15 is 0 Å². The highest BCUT2D eigenvalue weighted by atomic mass is 32.2. The summed E-state index contributed by atoms with van der Waals surface area (Å²) >= 11 is 3.00. The van der Waals surface area contributed by atoms with Crippen LogP contribution in [-0.2, 0) is 9.54 Å². The lowest BCUT2D eigenvalue weighted by Gasteiger charge is -2.29. The Morgan fingerprint density at radius 1 is 1.31 bits per heavy atom. The first-order valence-electron chi connectivity index (χ1n) is 9.57. The van der Waals surface area contributed by atoms with E-state index in [9.17, 15) is 4.79 Å². The molecule has 1 amide bonds. The van der Waals surface area contributed by atoms with Crippen LogP contribution in [0.5, 0.6) is 5.75 Å². The second kappa shape index (κ2) is 9.15. The van der Waals surface area contributed by atoms with Crippen LogP contribution in [0.3, 0.4) is 0 Å². The number of hydrogen-bond donors (Lipinski definition) is 2. The summed E-state index contributed by atoms with van der Waals surface area (Å²) in [6, 6.07) is 11.9. The summed E-state index contributed by atoms with van der Waals surface area (Å²) in [4.78, 5) is 17.9. The summed E-state index contributed by atoms with van der Waals surface area (Å²) < 4.78 is 6.56. The van der Waals surface area contributed by atoms with E-state index in [-0.39, 0.29) is 19.1 Å². The number of nitrogens with one attached hydrogen (secondary N) is 1. The molecule has 1 unspecified atom stereocenters. The SMILES string of the molecule is CCOc1ccc2nc(SC(C)(C(=O)NCCO)c3cccc(C)c3C)sc2c1. The first-order chi connectivity index (χ1) is 13.9. The van der Waals surface area contributed by atoms with Gasteiger partial charge < -0.3 is 15.2 Å². The molecule has 0 fully saturated rings. The van der Waals surface area contributed by atoms with Gasteiger partial charge >= 0.3 is 0 Å². The van der Waals surface area contributed by atoms with Crippen molar-refractivity contribution in [3.8, 4) is 5.75 Å². The van der Waals surface area contributed by atoms with Crippen LogP contribution in [0.15, 0.2) is 40.7 Å². The third kappa shape index (κ3) is 4.57. The average molecular weight is 431 g/mol. The second-order valence-electron chi connectivity index (χ2n) is 6.90. The molecule has 154 valence electrons. The first kappa shape index (κ1) is 21.6. The lowest BCUT2D eigenvalue weighted by atomic mass is 9.92. The molecule has 0 bridgehead atoms. The molecule has 7 heteroatoms. The fourth-order valence-electron chi connectivity index (χ4n) is 3.19. The van der Waals surface area contributed by atoms with Crippen molar-refractivity contribution in [1.82, 2.24) is 10.3 Å². The number of fused-ring (bicyclic) bond motifs is 1. The Morgan fingerprint density at radius 2 is 2.10 bits per heavy atom. The summed E-state index contributed by atoms with van der Waals surface area (Å²) in [7, 11) is 0. The maximum absolute atomic E-state index is 13.2. The van der Waals surface area contributed by atoms with Gasteiger partial charge in [0, 0.05) is 6.54 Å². The third-order valence-corrected chi connectivity index (χ3v) is 7.28. The molecule has 1 heterocycles. The molecule has 0 saturated carbocycles. The third-order valence-electron chi connectivity index (χ3n) is 4.89. The van der Waals surface area contributed by atoms with E-state index in [2.05, 4.69) is 5.32 Å². The fourth-order valence-corrected chi connectivity index (χ4v) is 5.84. The zero-order valence-electron chi connectivity index (χ0n) is 17.1. The van der Waals surface area contributed by atoms with E-state index in [0.29, 0.717) is 6.61 Å². The number of aryl methyl sites for hydroxylation is 1. The van der Waals surface area contributed by atoms with E-state index in [0.717, 1.165) is 37.0 Å². The Balaban J connectivity index is 2.01. The molecule has 2 aromatic carbocycles. The summed E-state index contributed by atoms with van der Waals surface area (Å²) in [5.74, 6) is 0.678. The smallest absolute Gasteiger partial charge is 0.241 e. The number of benzene rings is 2. The van der Waals surface area contributed by atoms with Crippen LogP contribution in [0.1, 0.15) is 30.5 Å². The molecular formula is C22H26N2O3S2. The molecule has 0 aliphatic rings. The van der Waals surface area contributed by atoms with E-state index in [1.807, 2.05) is 64.1 Å². The minimum absolute atomic E-state index is 0.0966. The number of nitrogens with zero attached hydrogens (tertiary/aromatic N) is 1. The van der Waals surface area contributed by atoms with Gasteiger partial charge in [-0.05, 0) is 62.6 Å². The fraction of sp³-hybridized carbons (Fsp3) is 0.364. The van der Waals surface area contributed by atoms with Crippen LogP contribution in [0.4, 0.5) is 0 Å². The molecule has 1 atom stereocenters. The molecular weight excluding hydrogens is 404 g/mol. The molecule has 0 aliphatic heterocycles. The normalized spacial score (nSPS) is 13.3. The number of ether oxygens (including phenoxy) is 1. The van der Waals surface area contributed by atoms with Gasteiger partial charge in [0.1, 0.15) is 10.5 Å². The van der Waals surface area contributed by atoms with E-state index < -0.39 is 4.75 Å². The van der Waals surface area contributed by atoms with Gasteiger partial charge in [0.2, 0.25) is 5.91 Å². The molecule has 0 radical (unpaired) electrons. The van der Waals surface area contributed by atoms with Crippen molar-refractivity contribution in [2.45, 2.75) is 36.8 Å². The molecule has 0 saturated heterocycles. The number of carbonyl (C=O) groups is 1. The minimum Gasteiger partial charge on any atom is -0.494 e. The largest absolute Gasteiger partial charge is 0.494 e. The lowest BCUT2D eigenvalue weighted by molar-refractivity contribution is -0.123. The predicted molar refractivity (Wildman–Crippen MR) is 120 cm³/mol. The molecule has 29 heavy (non-hydrogen) atoms. The highest BCUT2D eigenvalue weighted by Gasteiger charge is 2.38. The number of amides is 1. The van der Waals surface area contributed by atoms with Gasteiger partial charge in [0.15, 0.2) is 4.34 Å². The van der Waals surface area contributed by atoms with E-state index in [4.69, 9.17) is 14.8 Å². The van der Waals surface area contributed by atoms with Gasteiger partial charge in [-0.2, -0.15) is 0 Å².